The Labute approximate surface area is 265 Å². The fourth-order valence-electron chi connectivity index (χ4n) is 6.59. The van der Waals surface area contributed by atoms with Crippen LogP contribution in [0.2, 0.25) is 5.02 Å². The topological polar surface area (TPSA) is 125 Å². The fraction of sp³-hybridized carbons (Fsp3) is 0.548. The van der Waals surface area contributed by atoms with Crippen molar-refractivity contribution in [2.45, 2.75) is 68.2 Å². The Bertz CT molecular complexity index is 1260. The van der Waals surface area contributed by atoms with E-state index in [4.69, 9.17) is 21.1 Å². The number of aliphatic hydroxyl groups excluding tert-OH is 1. The lowest BCUT2D eigenvalue weighted by Gasteiger charge is -2.37. The van der Waals surface area contributed by atoms with Gasteiger partial charge in [-0.1, -0.05) is 51.8 Å². The number of benzene rings is 1. The quantitative estimate of drug-likeness (QED) is 0.176. The van der Waals surface area contributed by atoms with E-state index in [1.165, 1.54) is 9.80 Å². The van der Waals surface area contributed by atoms with E-state index in [0.29, 0.717) is 23.6 Å². The number of allylic oxidation sites excluding steroid dienone is 1. The van der Waals surface area contributed by atoms with Crippen molar-refractivity contribution in [2.24, 2.45) is 11.8 Å². The highest BCUT2D eigenvalue weighted by molar-refractivity contribution is 9.09. The van der Waals surface area contributed by atoms with Gasteiger partial charge in [-0.05, 0) is 44.7 Å². The van der Waals surface area contributed by atoms with E-state index >= 15 is 0 Å². The Balaban J connectivity index is 1.65. The average molecular weight is 681 g/mol. The number of hydrogen-bond acceptors (Lipinski definition) is 7. The van der Waals surface area contributed by atoms with Crippen LogP contribution in [0.1, 0.15) is 38.2 Å². The van der Waals surface area contributed by atoms with E-state index in [1.807, 2.05) is 13.0 Å². The number of esters is 1. The van der Waals surface area contributed by atoms with Gasteiger partial charge in [0.2, 0.25) is 11.8 Å². The smallest absolute Gasteiger partial charge is 0.312 e. The third-order valence-corrected chi connectivity index (χ3v) is 9.52. The number of anilines is 1. The van der Waals surface area contributed by atoms with Gasteiger partial charge in [-0.15, -0.1) is 13.2 Å². The molecule has 3 fully saturated rings. The number of aryl methyl sites for hydroxylation is 1. The Kier molecular flexibility index (Phi) is 10.7. The summed E-state index contributed by atoms with van der Waals surface area (Å²) in [5, 5.41) is 12.7. The number of likely N-dealkylation sites (tertiary alicyclic amines) is 1. The lowest BCUT2D eigenvalue weighted by molar-refractivity contribution is -0.159. The van der Waals surface area contributed by atoms with Crippen LogP contribution in [0.3, 0.4) is 0 Å². The standard InChI is InChI=1S/C31H39BrClN3O7/c1-5-7-12-22(38)34-17-19(4)42-30(41)23-24-28(39)36(14-9-15-37)27(31(24)16-20(32)26(23)43-31)29(40)35(13-6-2)25-18(3)10-8-11-21(25)33/h5-6,8,10-11,19-20,23-24,26-27,37H,1-2,7,9,12-17H2,3-4H3,(H,34,38)/t19-,20?,23+,24-,26+,27+,31-/m0/s1. The van der Waals surface area contributed by atoms with Crippen LogP contribution < -0.4 is 10.2 Å². The number of para-hydroxylation sites is 1. The lowest BCUT2D eigenvalue weighted by atomic mass is 9.70. The highest BCUT2D eigenvalue weighted by Gasteiger charge is 2.77. The lowest BCUT2D eigenvalue weighted by Crippen LogP contribution is -2.57. The van der Waals surface area contributed by atoms with E-state index in [0.717, 1.165) is 5.56 Å². The number of amides is 3. The second-order valence-corrected chi connectivity index (χ2v) is 12.9. The number of nitrogens with zero attached hydrogens (tertiary/aromatic N) is 2. The van der Waals surface area contributed by atoms with Crippen LogP contribution in [-0.4, -0.2) is 88.6 Å². The van der Waals surface area contributed by atoms with Gasteiger partial charge in [-0.2, -0.15) is 0 Å². The number of carbonyl (C=O) groups excluding carboxylic acids is 4. The van der Waals surface area contributed by atoms with E-state index in [-0.39, 0.29) is 49.8 Å². The van der Waals surface area contributed by atoms with Gasteiger partial charge in [0, 0.05) is 30.9 Å². The summed E-state index contributed by atoms with van der Waals surface area (Å²) in [6.07, 6.45) is 3.26. The summed E-state index contributed by atoms with van der Waals surface area (Å²) in [6.45, 7) is 11.1. The molecule has 3 heterocycles. The van der Waals surface area contributed by atoms with Gasteiger partial charge in [-0.3, -0.25) is 19.2 Å². The molecule has 3 amide bonds. The second-order valence-electron chi connectivity index (χ2n) is 11.3. The fourth-order valence-corrected chi connectivity index (χ4v) is 7.86. The third-order valence-electron chi connectivity index (χ3n) is 8.37. The molecule has 3 aliphatic rings. The van der Waals surface area contributed by atoms with Crippen molar-refractivity contribution in [1.82, 2.24) is 10.2 Å². The number of fused-ring (bicyclic) bond motifs is 1. The summed E-state index contributed by atoms with van der Waals surface area (Å²) in [6, 6.07) is 4.26. The number of carbonyl (C=O) groups is 4. The van der Waals surface area contributed by atoms with Crippen LogP contribution >= 0.6 is 27.5 Å². The summed E-state index contributed by atoms with van der Waals surface area (Å²) in [4.78, 5) is 57.0. The van der Waals surface area contributed by atoms with E-state index in [1.54, 1.807) is 31.2 Å². The molecule has 0 aromatic heterocycles. The van der Waals surface area contributed by atoms with Crippen molar-refractivity contribution >= 4 is 56.9 Å². The summed E-state index contributed by atoms with van der Waals surface area (Å²) in [5.41, 5.74) is -0.0283. The monoisotopic (exact) mass is 679 g/mol. The molecule has 0 aliphatic carbocycles. The highest BCUT2D eigenvalue weighted by atomic mass is 79.9. The maximum absolute atomic E-state index is 14.6. The largest absolute Gasteiger partial charge is 0.460 e. The minimum absolute atomic E-state index is 0.101. The van der Waals surface area contributed by atoms with Crippen molar-refractivity contribution in [2.75, 3.05) is 31.1 Å². The van der Waals surface area contributed by atoms with Crippen LogP contribution in [0.25, 0.3) is 0 Å². The van der Waals surface area contributed by atoms with Crippen molar-refractivity contribution < 1.29 is 33.8 Å². The molecule has 3 aliphatic heterocycles. The molecule has 7 atom stereocenters. The summed E-state index contributed by atoms with van der Waals surface area (Å²) >= 11 is 10.2. The van der Waals surface area contributed by atoms with Crippen molar-refractivity contribution in [1.29, 1.82) is 0 Å². The van der Waals surface area contributed by atoms with Gasteiger partial charge < -0.3 is 29.7 Å². The molecule has 1 spiro atoms. The van der Waals surface area contributed by atoms with Crippen LogP contribution in [0.5, 0.6) is 0 Å². The molecule has 1 unspecified atom stereocenters. The molecule has 43 heavy (non-hydrogen) atoms. The first kappa shape index (κ1) is 33.2. The Morgan fingerprint density at radius 3 is 2.74 bits per heavy atom. The molecular formula is C31H39BrClN3O7. The van der Waals surface area contributed by atoms with Crippen molar-refractivity contribution in [3.8, 4) is 0 Å². The maximum Gasteiger partial charge on any atom is 0.312 e. The molecule has 1 aromatic rings. The van der Waals surface area contributed by atoms with Gasteiger partial charge in [0.05, 0.1) is 35.2 Å². The maximum atomic E-state index is 14.6. The molecule has 0 radical (unpaired) electrons. The van der Waals surface area contributed by atoms with Crippen molar-refractivity contribution in [3.63, 3.8) is 0 Å². The molecule has 1 aromatic carbocycles. The van der Waals surface area contributed by atoms with E-state index < -0.39 is 53.5 Å². The predicted octanol–water partition coefficient (Wildman–Crippen LogP) is 3.31. The number of hydrogen-bond donors (Lipinski definition) is 2. The number of rotatable bonds is 14. The summed E-state index contributed by atoms with van der Waals surface area (Å²) in [7, 11) is 0. The Morgan fingerprint density at radius 1 is 1.35 bits per heavy atom. The number of alkyl halides is 1. The number of ether oxygens (including phenoxy) is 2. The first-order chi connectivity index (χ1) is 20.5. The molecular weight excluding hydrogens is 642 g/mol. The molecule has 10 nitrogen and oxygen atoms in total. The van der Waals surface area contributed by atoms with Crippen LogP contribution in [0, 0.1) is 18.8 Å². The number of nitrogens with one attached hydrogen (secondary N) is 1. The van der Waals surface area contributed by atoms with Crippen LogP contribution in [-0.2, 0) is 28.7 Å². The first-order valence-electron chi connectivity index (χ1n) is 14.5. The second kappa shape index (κ2) is 13.9. The van der Waals surface area contributed by atoms with Gasteiger partial charge in [0.15, 0.2) is 0 Å². The zero-order valence-corrected chi connectivity index (χ0v) is 26.8. The van der Waals surface area contributed by atoms with Gasteiger partial charge in [0.25, 0.3) is 5.91 Å². The zero-order chi connectivity index (χ0) is 31.5. The molecule has 12 heteroatoms. The van der Waals surface area contributed by atoms with Crippen LogP contribution in [0.4, 0.5) is 5.69 Å². The minimum Gasteiger partial charge on any atom is -0.460 e. The molecule has 3 saturated heterocycles. The Hall–Kier alpha value is -2.73. The highest BCUT2D eigenvalue weighted by Crippen LogP contribution is 2.60. The SMILES string of the molecule is C=CCCC(=O)NC[C@H](C)OC(=O)[C@H]1[C@@H]2O[C@@]3(CC2Br)[C@@H]1C(=O)N(CCCO)[C@@H]3C(=O)N(CC=C)c1c(C)cccc1Cl. The molecule has 4 rings (SSSR count). The first-order valence-corrected chi connectivity index (χ1v) is 15.8. The third kappa shape index (κ3) is 6.27. The van der Waals surface area contributed by atoms with Gasteiger partial charge >= 0.3 is 5.97 Å². The van der Waals surface area contributed by atoms with Gasteiger partial charge in [-0.25, -0.2) is 0 Å². The summed E-state index contributed by atoms with van der Waals surface area (Å²) in [5.74, 6) is -3.53. The van der Waals surface area contributed by atoms with E-state index in [9.17, 15) is 24.3 Å². The zero-order valence-electron chi connectivity index (χ0n) is 24.5. The normalized spacial score (nSPS) is 27.9. The number of aliphatic hydroxyl groups is 1. The minimum atomic E-state index is -1.30. The summed E-state index contributed by atoms with van der Waals surface area (Å²) < 4.78 is 12.3. The number of halogens is 2. The van der Waals surface area contributed by atoms with Crippen LogP contribution in [0.15, 0.2) is 43.5 Å². The molecule has 234 valence electrons. The van der Waals surface area contributed by atoms with E-state index in [2.05, 4.69) is 34.4 Å². The Morgan fingerprint density at radius 2 is 2.09 bits per heavy atom. The molecule has 0 saturated carbocycles. The predicted molar refractivity (Wildman–Crippen MR) is 166 cm³/mol. The molecule has 2 bridgehead atoms. The van der Waals surface area contributed by atoms with Gasteiger partial charge in [0.1, 0.15) is 17.7 Å². The average Bonchev–Trinajstić information content (AvgIpc) is 3.56. The molecule has 2 N–H and O–H groups in total. The van der Waals surface area contributed by atoms with Crippen molar-refractivity contribution in [3.05, 3.63) is 54.1 Å².